The SMILES string of the molecule is O=C(O)c1ccc(NS(=O)(=O)c2cncc(Br)c2)nc1. The Labute approximate surface area is 122 Å². The molecule has 0 aliphatic carbocycles. The Morgan fingerprint density at radius 2 is 2.00 bits per heavy atom. The van der Waals surface area contributed by atoms with Crippen molar-refractivity contribution in [1.82, 2.24) is 9.97 Å². The van der Waals surface area contributed by atoms with Gasteiger partial charge in [-0.05, 0) is 34.1 Å². The first-order valence-corrected chi connectivity index (χ1v) is 7.49. The molecule has 0 bridgehead atoms. The monoisotopic (exact) mass is 357 g/mol. The average Bonchev–Trinajstić information content (AvgIpc) is 2.39. The second kappa shape index (κ2) is 5.55. The number of nitrogens with zero attached hydrogens (tertiary/aromatic N) is 2. The van der Waals surface area contributed by atoms with Gasteiger partial charge in [-0.25, -0.2) is 18.2 Å². The summed E-state index contributed by atoms with van der Waals surface area (Å²) >= 11 is 3.13. The van der Waals surface area contributed by atoms with Crippen LogP contribution in [0.25, 0.3) is 0 Å². The van der Waals surface area contributed by atoms with E-state index >= 15 is 0 Å². The molecule has 104 valence electrons. The molecular weight excluding hydrogens is 350 g/mol. The van der Waals surface area contributed by atoms with E-state index in [1.165, 1.54) is 30.6 Å². The zero-order valence-electron chi connectivity index (χ0n) is 9.82. The number of hydrogen-bond donors (Lipinski definition) is 2. The molecule has 0 aromatic carbocycles. The van der Waals surface area contributed by atoms with Gasteiger partial charge in [-0.1, -0.05) is 0 Å². The predicted octanol–water partition coefficient (Wildman–Crippen LogP) is 1.74. The summed E-state index contributed by atoms with van der Waals surface area (Å²) in [6.07, 6.45) is 3.72. The Hall–Kier alpha value is -2.00. The summed E-state index contributed by atoms with van der Waals surface area (Å²) in [7, 11) is -3.82. The van der Waals surface area contributed by atoms with Crippen molar-refractivity contribution in [3.8, 4) is 0 Å². The third-order valence-electron chi connectivity index (χ3n) is 2.24. The number of halogens is 1. The second-order valence-corrected chi connectivity index (χ2v) is 6.28. The minimum absolute atomic E-state index is 0.0231. The average molecular weight is 358 g/mol. The smallest absolute Gasteiger partial charge is 0.337 e. The van der Waals surface area contributed by atoms with E-state index in [-0.39, 0.29) is 16.3 Å². The summed E-state index contributed by atoms with van der Waals surface area (Å²) in [6.45, 7) is 0. The molecule has 2 rings (SSSR count). The molecule has 0 atom stereocenters. The number of rotatable bonds is 4. The molecule has 0 unspecified atom stereocenters. The van der Waals surface area contributed by atoms with Crippen molar-refractivity contribution >= 4 is 37.7 Å². The number of hydrogen-bond acceptors (Lipinski definition) is 5. The van der Waals surface area contributed by atoms with Crippen molar-refractivity contribution in [3.63, 3.8) is 0 Å². The van der Waals surface area contributed by atoms with Crippen LogP contribution in [-0.2, 0) is 10.0 Å². The maximum absolute atomic E-state index is 12.0. The van der Waals surface area contributed by atoms with Gasteiger partial charge in [-0.2, -0.15) is 0 Å². The van der Waals surface area contributed by atoms with Crippen molar-refractivity contribution in [2.24, 2.45) is 0 Å². The predicted molar refractivity (Wildman–Crippen MR) is 73.9 cm³/mol. The fourth-order valence-corrected chi connectivity index (χ4v) is 2.83. The number of aromatic carboxylic acids is 1. The quantitative estimate of drug-likeness (QED) is 0.862. The highest BCUT2D eigenvalue weighted by atomic mass is 79.9. The van der Waals surface area contributed by atoms with E-state index in [0.717, 1.165) is 6.20 Å². The van der Waals surface area contributed by atoms with E-state index in [0.29, 0.717) is 4.47 Å². The fourth-order valence-electron chi connectivity index (χ4n) is 1.32. The number of nitrogens with one attached hydrogen (secondary N) is 1. The van der Waals surface area contributed by atoms with Crippen molar-refractivity contribution in [1.29, 1.82) is 0 Å². The number of anilines is 1. The normalized spacial score (nSPS) is 11.1. The van der Waals surface area contributed by atoms with E-state index in [2.05, 4.69) is 30.6 Å². The summed E-state index contributed by atoms with van der Waals surface area (Å²) < 4.78 is 26.8. The van der Waals surface area contributed by atoms with E-state index < -0.39 is 16.0 Å². The van der Waals surface area contributed by atoms with Crippen molar-refractivity contribution in [2.75, 3.05) is 4.72 Å². The molecule has 0 amide bonds. The molecule has 0 aliphatic heterocycles. The minimum atomic E-state index is -3.82. The number of aromatic nitrogens is 2. The molecule has 2 heterocycles. The van der Waals surface area contributed by atoms with Gasteiger partial charge < -0.3 is 5.11 Å². The lowest BCUT2D eigenvalue weighted by molar-refractivity contribution is 0.0696. The van der Waals surface area contributed by atoms with E-state index in [9.17, 15) is 13.2 Å². The van der Waals surface area contributed by atoms with Crippen LogP contribution in [0.2, 0.25) is 0 Å². The van der Waals surface area contributed by atoms with E-state index in [1.807, 2.05) is 0 Å². The molecule has 0 saturated carbocycles. The summed E-state index contributed by atoms with van der Waals surface area (Å²) in [5.74, 6) is -1.11. The van der Waals surface area contributed by atoms with Crippen molar-refractivity contribution in [3.05, 3.63) is 46.8 Å². The third kappa shape index (κ3) is 3.31. The largest absolute Gasteiger partial charge is 0.478 e. The van der Waals surface area contributed by atoms with Crippen molar-refractivity contribution < 1.29 is 18.3 Å². The summed E-state index contributed by atoms with van der Waals surface area (Å²) in [6, 6.07) is 3.92. The van der Waals surface area contributed by atoms with Gasteiger partial charge in [0.25, 0.3) is 10.0 Å². The summed E-state index contributed by atoms with van der Waals surface area (Å²) in [5, 5.41) is 8.72. The number of carboxylic acid groups (broad SMARTS) is 1. The maximum atomic E-state index is 12.0. The van der Waals surface area contributed by atoms with Gasteiger partial charge in [0.2, 0.25) is 0 Å². The van der Waals surface area contributed by atoms with Crippen LogP contribution in [0.4, 0.5) is 5.82 Å². The van der Waals surface area contributed by atoms with Crippen LogP contribution in [0.15, 0.2) is 46.2 Å². The van der Waals surface area contributed by atoms with Crippen LogP contribution in [0, 0.1) is 0 Å². The first-order valence-electron chi connectivity index (χ1n) is 5.21. The number of sulfonamides is 1. The highest BCUT2D eigenvalue weighted by molar-refractivity contribution is 9.10. The molecule has 20 heavy (non-hydrogen) atoms. The maximum Gasteiger partial charge on any atom is 0.337 e. The van der Waals surface area contributed by atoms with Crippen LogP contribution in [0.5, 0.6) is 0 Å². The molecule has 9 heteroatoms. The fraction of sp³-hybridized carbons (Fsp3) is 0. The van der Waals surface area contributed by atoms with Crippen LogP contribution in [0.3, 0.4) is 0 Å². The van der Waals surface area contributed by atoms with Crippen LogP contribution in [-0.4, -0.2) is 29.5 Å². The molecule has 2 N–H and O–H groups in total. The molecule has 0 fully saturated rings. The van der Waals surface area contributed by atoms with Crippen LogP contribution < -0.4 is 4.72 Å². The minimum Gasteiger partial charge on any atom is -0.478 e. The lowest BCUT2D eigenvalue weighted by Gasteiger charge is -2.07. The topological polar surface area (TPSA) is 109 Å². The highest BCUT2D eigenvalue weighted by Gasteiger charge is 2.16. The molecular formula is C11H8BrN3O4S. The zero-order chi connectivity index (χ0) is 14.8. The summed E-state index contributed by atoms with van der Waals surface area (Å²) in [4.78, 5) is 18.1. The first-order chi connectivity index (χ1) is 9.38. The zero-order valence-corrected chi connectivity index (χ0v) is 12.2. The number of carboxylic acids is 1. The van der Waals surface area contributed by atoms with Gasteiger partial charge in [0.05, 0.1) is 5.56 Å². The Bertz CT molecular complexity index is 747. The van der Waals surface area contributed by atoms with Crippen LogP contribution >= 0.6 is 15.9 Å². The van der Waals surface area contributed by atoms with Gasteiger partial charge in [-0.15, -0.1) is 0 Å². The van der Waals surface area contributed by atoms with Gasteiger partial charge in [-0.3, -0.25) is 9.71 Å². The lowest BCUT2D eigenvalue weighted by Crippen LogP contribution is -2.14. The Morgan fingerprint density at radius 3 is 2.55 bits per heavy atom. The van der Waals surface area contributed by atoms with E-state index in [4.69, 9.17) is 5.11 Å². The molecule has 0 saturated heterocycles. The summed E-state index contributed by atoms with van der Waals surface area (Å²) in [5.41, 5.74) is -0.0305. The lowest BCUT2D eigenvalue weighted by atomic mass is 10.3. The Morgan fingerprint density at radius 1 is 1.25 bits per heavy atom. The third-order valence-corrected chi connectivity index (χ3v) is 3.99. The van der Waals surface area contributed by atoms with Gasteiger partial charge in [0.15, 0.2) is 0 Å². The number of pyridine rings is 2. The molecule has 0 aliphatic rings. The Kier molecular flexibility index (Phi) is 4.00. The number of carbonyl (C=O) groups is 1. The second-order valence-electron chi connectivity index (χ2n) is 3.68. The van der Waals surface area contributed by atoms with Gasteiger partial charge in [0, 0.05) is 23.1 Å². The first kappa shape index (κ1) is 14.4. The van der Waals surface area contributed by atoms with Crippen LogP contribution in [0.1, 0.15) is 10.4 Å². The van der Waals surface area contributed by atoms with E-state index in [1.54, 1.807) is 0 Å². The molecule has 7 nitrogen and oxygen atoms in total. The Balaban J connectivity index is 2.26. The molecule has 0 spiro atoms. The van der Waals surface area contributed by atoms with Gasteiger partial charge >= 0.3 is 5.97 Å². The molecule has 0 radical (unpaired) electrons. The van der Waals surface area contributed by atoms with Crippen molar-refractivity contribution in [2.45, 2.75) is 4.90 Å². The highest BCUT2D eigenvalue weighted by Crippen LogP contribution is 2.17. The molecule has 2 aromatic rings. The van der Waals surface area contributed by atoms with Gasteiger partial charge in [0.1, 0.15) is 10.7 Å². The molecule has 2 aromatic heterocycles. The standard InChI is InChI=1S/C11H8BrN3O4S/c12-8-3-9(6-13-5-8)20(18,19)15-10-2-1-7(4-14-10)11(16)17/h1-6H,(H,14,15)(H,16,17).